The van der Waals surface area contributed by atoms with Crippen molar-refractivity contribution in [2.24, 2.45) is 0 Å². The molecule has 9 heteroatoms. The van der Waals surface area contributed by atoms with E-state index in [1.54, 1.807) is 12.1 Å². The van der Waals surface area contributed by atoms with Gasteiger partial charge < -0.3 is 10.1 Å². The zero-order chi connectivity index (χ0) is 18.7. The van der Waals surface area contributed by atoms with Gasteiger partial charge in [0.15, 0.2) is 15.5 Å². The van der Waals surface area contributed by atoms with E-state index in [0.717, 1.165) is 32.4 Å². The van der Waals surface area contributed by atoms with E-state index in [4.69, 9.17) is 16.3 Å². The first-order valence-electron chi connectivity index (χ1n) is 8.94. The van der Waals surface area contributed by atoms with Gasteiger partial charge >= 0.3 is 0 Å². The van der Waals surface area contributed by atoms with Crippen molar-refractivity contribution in [2.75, 3.05) is 31.2 Å². The Labute approximate surface area is 159 Å². The first-order valence-corrected chi connectivity index (χ1v) is 11.1. The number of rotatable bonds is 5. The largest absolute Gasteiger partial charge is 0.478 e. The molecule has 144 valence electrons. The van der Waals surface area contributed by atoms with Crippen LogP contribution in [0.15, 0.2) is 12.1 Å². The van der Waals surface area contributed by atoms with Gasteiger partial charge in [0.25, 0.3) is 5.91 Å². The van der Waals surface area contributed by atoms with Crippen LogP contribution in [0.25, 0.3) is 0 Å². The van der Waals surface area contributed by atoms with E-state index in [0.29, 0.717) is 12.5 Å². The SMILES string of the molecule is CCOc1ccc(Cl)c(C(=O)NC2CS(=O)(=O)CC2N2CCCCC2)n1. The fourth-order valence-electron chi connectivity index (χ4n) is 3.63. The number of carbonyl (C=O) groups is 1. The maximum atomic E-state index is 12.7. The minimum Gasteiger partial charge on any atom is -0.478 e. The van der Waals surface area contributed by atoms with Crippen LogP contribution < -0.4 is 10.1 Å². The topological polar surface area (TPSA) is 88.6 Å². The van der Waals surface area contributed by atoms with Crippen LogP contribution in [0.4, 0.5) is 0 Å². The van der Waals surface area contributed by atoms with Crippen LogP contribution in [-0.4, -0.2) is 67.5 Å². The van der Waals surface area contributed by atoms with Crippen molar-refractivity contribution in [3.05, 3.63) is 22.8 Å². The molecule has 2 aliphatic heterocycles. The standard InChI is InChI=1S/C17H24ClN3O4S/c1-2-25-15-7-6-12(18)16(20-15)17(22)19-13-10-26(23,24)11-14(13)21-8-4-3-5-9-21/h6-7,13-14H,2-5,8-11H2,1H3,(H,19,22). The lowest BCUT2D eigenvalue weighted by Crippen LogP contribution is -2.52. The van der Waals surface area contributed by atoms with E-state index in [1.165, 1.54) is 0 Å². The lowest BCUT2D eigenvalue weighted by molar-refractivity contribution is 0.0894. The second kappa shape index (κ2) is 8.10. The van der Waals surface area contributed by atoms with Crippen molar-refractivity contribution in [2.45, 2.75) is 38.3 Å². The average molecular weight is 402 g/mol. The number of aromatic nitrogens is 1. The number of nitrogens with one attached hydrogen (secondary N) is 1. The number of pyridine rings is 1. The summed E-state index contributed by atoms with van der Waals surface area (Å²) in [6.45, 7) is 3.98. The molecule has 1 N–H and O–H groups in total. The van der Waals surface area contributed by atoms with Crippen LogP contribution in [-0.2, 0) is 9.84 Å². The number of sulfone groups is 1. The van der Waals surface area contributed by atoms with E-state index in [2.05, 4.69) is 15.2 Å². The summed E-state index contributed by atoms with van der Waals surface area (Å²) in [4.78, 5) is 19.0. The summed E-state index contributed by atoms with van der Waals surface area (Å²) in [5, 5.41) is 3.06. The van der Waals surface area contributed by atoms with E-state index in [1.807, 2.05) is 6.92 Å². The molecule has 1 aromatic rings. The molecule has 0 bridgehead atoms. The van der Waals surface area contributed by atoms with Crippen LogP contribution in [0.5, 0.6) is 5.88 Å². The van der Waals surface area contributed by atoms with Crippen LogP contribution in [0.1, 0.15) is 36.7 Å². The summed E-state index contributed by atoms with van der Waals surface area (Å²) >= 11 is 6.11. The quantitative estimate of drug-likeness (QED) is 0.804. The van der Waals surface area contributed by atoms with Crippen molar-refractivity contribution in [3.8, 4) is 5.88 Å². The second-order valence-corrected chi connectivity index (χ2v) is 9.29. The van der Waals surface area contributed by atoms with Crippen molar-refractivity contribution >= 4 is 27.3 Å². The smallest absolute Gasteiger partial charge is 0.271 e. The van der Waals surface area contributed by atoms with Gasteiger partial charge in [-0.3, -0.25) is 9.69 Å². The number of nitrogens with zero attached hydrogens (tertiary/aromatic N) is 2. The Hall–Kier alpha value is -1.38. The fourth-order valence-corrected chi connectivity index (χ4v) is 5.77. The lowest BCUT2D eigenvalue weighted by atomic mass is 10.0. The number of carbonyl (C=O) groups excluding carboxylic acids is 1. The maximum Gasteiger partial charge on any atom is 0.271 e. The average Bonchev–Trinajstić information content (AvgIpc) is 2.92. The lowest BCUT2D eigenvalue weighted by Gasteiger charge is -2.34. The molecule has 0 aromatic carbocycles. The van der Waals surface area contributed by atoms with Crippen molar-refractivity contribution < 1.29 is 17.9 Å². The molecule has 2 saturated heterocycles. The third-order valence-corrected chi connectivity index (χ3v) is 6.85. The summed E-state index contributed by atoms with van der Waals surface area (Å²) < 4.78 is 29.7. The van der Waals surface area contributed by atoms with E-state index < -0.39 is 21.8 Å². The molecular weight excluding hydrogens is 378 g/mol. The highest BCUT2D eigenvalue weighted by Crippen LogP contribution is 2.24. The summed E-state index contributed by atoms with van der Waals surface area (Å²) in [5.74, 6) is -0.129. The molecule has 2 unspecified atom stereocenters. The summed E-state index contributed by atoms with van der Waals surface area (Å²) in [5.41, 5.74) is 0.0549. The van der Waals surface area contributed by atoms with Gasteiger partial charge in [-0.2, -0.15) is 0 Å². The monoisotopic (exact) mass is 401 g/mol. The Kier molecular flexibility index (Phi) is 6.04. The number of likely N-dealkylation sites (tertiary alicyclic amines) is 1. The number of amides is 1. The molecule has 26 heavy (non-hydrogen) atoms. The van der Waals surface area contributed by atoms with Crippen LogP contribution in [0.3, 0.4) is 0 Å². The van der Waals surface area contributed by atoms with E-state index in [-0.39, 0.29) is 28.3 Å². The molecule has 2 aliphatic rings. The third kappa shape index (κ3) is 4.47. The first kappa shape index (κ1) is 19.4. The summed E-state index contributed by atoms with van der Waals surface area (Å²) in [6, 6.07) is 2.50. The molecule has 0 radical (unpaired) electrons. The van der Waals surface area contributed by atoms with Gasteiger partial charge in [0.2, 0.25) is 5.88 Å². The van der Waals surface area contributed by atoms with Gasteiger partial charge in [0.05, 0.1) is 29.2 Å². The Morgan fingerprint density at radius 1 is 1.31 bits per heavy atom. The van der Waals surface area contributed by atoms with E-state index in [9.17, 15) is 13.2 Å². The highest BCUT2D eigenvalue weighted by atomic mass is 35.5. The molecule has 1 amide bonds. The molecule has 1 aromatic heterocycles. The first-order chi connectivity index (χ1) is 12.4. The molecule has 0 saturated carbocycles. The number of hydrogen-bond acceptors (Lipinski definition) is 6. The minimum absolute atomic E-state index is 0.0529. The molecule has 0 aliphatic carbocycles. The van der Waals surface area contributed by atoms with Crippen LogP contribution in [0.2, 0.25) is 5.02 Å². The Morgan fingerprint density at radius 3 is 2.73 bits per heavy atom. The Balaban J connectivity index is 1.77. The molecule has 3 heterocycles. The van der Waals surface area contributed by atoms with Crippen molar-refractivity contribution in [1.29, 1.82) is 0 Å². The molecule has 7 nitrogen and oxygen atoms in total. The predicted octanol–water partition coefficient (Wildman–Crippen LogP) is 1.51. The summed E-state index contributed by atoms with van der Waals surface area (Å²) in [7, 11) is -3.18. The molecular formula is C17H24ClN3O4S. The van der Waals surface area contributed by atoms with Gasteiger partial charge in [-0.05, 0) is 38.9 Å². The number of halogens is 1. The van der Waals surface area contributed by atoms with Gasteiger partial charge in [-0.15, -0.1) is 0 Å². The number of hydrogen-bond donors (Lipinski definition) is 1. The fraction of sp³-hybridized carbons (Fsp3) is 0.647. The van der Waals surface area contributed by atoms with E-state index >= 15 is 0 Å². The van der Waals surface area contributed by atoms with Gasteiger partial charge in [0.1, 0.15) is 0 Å². The molecule has 2 atom stereocenters. The highest BCUT2D eigenvalue weighted by molar-refractivity contribution is 7.91. The normalized spacial score (nSPS) is 25.8. The maximum absolute atomic E-state index is 12.7. The van der Waals surface area contributed by atoms with Gasteiger partial charge in [-0.25, -0.2) is 13.4 Å². The number of ether oxygens (including phenoxy) is 1. The molecule has 0 spiro atoms. The second-order valence-electron chi connectivity index (χ2n) is 6.73. The third-order valence-electron chi connectivity index (χ3n) is 4.83. The van der Waals surface area contributed by atoms with Crippen molar-refractivity contribution in [3.63, 3.8) is 0 Å². The Morgan fingerprint density at radius 2 is 2.04 bits per heavy atom. The summed E-state index contributed by atoms with van der Waals surface area (Å²) in [6.07, 6.45) is 3.28. The Bertz CT molecular complexity index is 765. The zero-order valence-corrected chi connectivity index (χ0v) is 16.4. The molecule has 2 fully saturated rings. The zero-order valence-electron chi connectivity index (χ0n) is 14.8. The van der Waals surface area contributed by atoms with Crippen LogP contribution in [0, 0.1) is 0 Å². The van der Waals surface area contributed by atoms with Gasteiger partial charge in [0, 0.05) is 12.1 Å². The minimum atomic E-state index is -3.18. The highest BCUT2D eigenvalue weighted by Gasteiger charge is 2.42. The van der Waals surface area contributed by atoms with Crippen LogP contribution >= 0.6 is 11.6 Å². The molecule has 3 rings (SSSR count). The van der Waals surface area contributed by atoms with Gasteiger partial charge in [-0.1, -0.05) is 18.0 Å². The predicted molar refractivity (Wildman–Crippen MR) is 99.5 cm³/mol. The van der Waals surface area contributed by atoms with Crippen molar-refractivity contribution in [1.82, 2.24) is 15.2 Å². The number of piperidine rings is 1.